The van der Waals surface area contributed by atoms with Gasteiger partial charge in [0.05, 0.1) is 0 Å². The molecule has 1 rings (SSSR count). The first-order valence-electron chi connectivity index (χ1n) is 6.96. The number of hydrogen-bond donors (Lipinski definition) is 2. The molecule has 0 saturated heterocycles. The number of aliphatic hydroxyl groups excluding tert-OH is 1. The van der Waals surface area contributed by atoms with Gasteiger partial charge in [0, 0.05) is 30.2 Å². The molecule has 1 amide bonds. The van der Waals surface area contributed by atoms with Crippen molar-refractivity contribution in [3.05, 3.63) is 30.3 Å². The van der Waals surface area contributed by atoms with Gasteiger partial charge in [0.15, 0.2) is 0 Å². The van der Waals surface area contributed by atoms with Crippen LogP contribution < -0.4 is 5.32 Å². The molecule has 0 fully saturated rings. The van der Waals surface area contributed by atoms with Crippen LogP contribution in [0.4, 0.5) is 0 Å². The third kappa shape index (κ3) is 9.28. The number of hydrogen-bond acceptors (Lipinski definition) is 4. The minimum Gasteiger partial charge on any atom is -0.396 e. The fourth-order valence-electron chi connectivity index (χ4n) is 1.56. The Morgan fingerprint density at radius 2 is 1.90 bits per heavy atom. The van der Waals surface area contributed by atoms with Crippen LogP contribution in [0.2, 0.25) is 0 Å². The topological polar surface area (TPSA) is 49.3 Å². The average molecular weight is 313 g/mol. The van der Waals surface area contributed by atoms with Gasteiger partial charge in [-0.3, -0.25) is 4.79 Å². The van der Waals surface area contributed by atoms with Crippen LogP contribution in [-0.4, -0.2) is 41.4 Å². The summed E-state index contributed by atoms with van der Waals surface area (Å²) in [7, 11) is 0. The van der Waals surface area contributed by atoms with Gasteiger partial charge < -0.3 is 10.4 Å². The number of aliphatic hydroxyl groups is 1. The standard InChI is InChI=1S/C15H23NO2S2/c17-10-5-11-19-13-9-16-15(18)8-4-12-20-14-6-2-1-3-7-14/h1-3,6-7,17H,4-5,8-13H2,(H,16,18). The first-order valence-corrected chi connectivity index (χ1v) is 9.10. The molecule has 0 unspecified atom stereocenters. The van der Waals surface area contributed by atoms with Gasteiger partial charge in [-0.15, -0.1) is 11.8 Å². The average Bonchev–Trinajstić information content (AvgIpc) is 2.48. The lowest BCUT2D eigenvalue weighted by Crippen LogP contribution is -2.25. The largest absolute Gasteiger partial charge is 0.396 e. The van der Waals surface area contributed by atoms with E-state index in [4.69, 9.17) is 5.11 Å². The SMILES string of the molecule is O=C(CCCSc1ccccc1)NCCSCCCO. The number of thioether (sulfide) groups is 2. The maximum atomic E-state index is 11.6. The van der Waals surface area contributed by atoms with E-state index in [0.717, 1.165) is 36.6 Å². The summed E-state index contributed by atoms with van der Waals surface area (Å²) in [4.78, 5) is 12.8. The molecule has 3 nitrogen and oxygen atoms in total. The molecule has 1 aromatic carbocycles. The number of benzene rings is 1. The second-order valence-corrected chi connectivity index (χ2v) is 6.70. The molecule has 1 aromatic rings. The molecule has 0 spiro atoms. The lowest BCUT2D eigenvalue weighted by Gasteiger charge is -2.05. The van der Waals surface area contributed by atoms with Crippen molar-refractivity contribution in [1.82, 2.24) is 5.32 Å². The van der Waals surface area contributed by atoms with Crippen LogP contribution in [0.5, 0.6) is 0 Å². The number of carbonyl (C=O) groups is 1. The van der Waals surface area contributed by atoms with Crippen molar-refractivity contribution in [2.45, 2.75) is 24.2 Å². The van der Waals surface area contributed by atoms with Crippen LogP contribution in [0.3, 0.4) is 0 Å². The summed E-state index contributed by atoms with van der Waals surface area (Å²) < 4.78 is 0. The zero-order valence-corrected chi connectivity index (χ0v) is 13.3. The summed E-state index contributed by atoms with van der Waals surface area (Å²) in [5.41, 5.74) is 0. The molecule has 2 N–H and O–H groups in total. The fraction of sp³-hybridized carbons (Fsp3) is 0.533. The summed E-state index contributed by atoms with van der Waals surface area (Å²) in [5, 5.41) is 11.6. The van der Waals surface area contributed by atoms with Crippen molar-refractivity contribution < 1.29 is 9.90 Å². The molecular weight excluding hydrogens is 290 g/mol. The normalized spacial score (nSPS) is 10.4. The Balaban J connectivity index is 1.92. The van der Waals surface area contributed by atoms with E-state index in [2.05, 4.69) is 17.4 Å². The summed E-state index contributed by atoms with van der Waals surface area (Å²) >= 11 is 3.56. The Morgan fingerprint density at radius 3 is 2.65 bits per heavy atom. The predicted molar refractivity (Wildman–Crippen MR) is 88.4 cm³/mol. The van der Waals surface area contributed by atoms with Crippen LogP contribution >= 0.6 is 23.5 Å². The number of nitrogens with one attached hydrogen (secondary N) is 1. The van der Waals surface area contributed by atoms with Crippen LogP contribution in [0.15, 0.2) is 35.2 Å². The maximum Gasteiger partial charge on any atom is 0.220 e. The highest BCUT2D eigenvalue weighted by Crippen LogP contribution is 2.18. The van der Waals surface area contributed by atoms with Crippen molar-refractivity contribution in [3.63, 3.8) is 0 Å². The number of rotatable bonds is 11. The van der Waals surface area contributed by atoms with Gasteiger partial charge in [0.1, 0.15) is 0 Å². The van der Waals surface area contributed by atoms with Gasteiger partial charge in [-0.25, -0.2) is 0 Å². The zero-order chi connectivity index (χ0) is 14.5. The monoisotopic (exact) mass is 313 g/mol. The zero-order valence-electron chi connectivity index (χ0n) is 11.7. The highest BCUT2D eigenvalue weighted by Gasteiger charge is 2.01. The van der Waals surface area contributed by atoms with Crippen LogP contribution in [0, 0.1) is 0 Å². The summed E-state index contributed by atoms with van der Waals surface area (Å²) in [6.07, 6.45) is 2.33. The molecule has 5 heteroatoms. The van der Waals surface area contributed by atoms with E-state index in [1.165, 1.54) is 4.90 Å². The van der Waals surface area contributed by atoms with Gasteiger partial charge in [-0.2, -0.15) is 11.8 Å². The highest BCUT2D eigenvalue weighted by molar-refractivity contribution is 7.99. The molecular formula is C15H23NO2S2. The van der Waals surface area contributed by atoms with E-state index in [0.29, 0.717) is 6.42 Å². The van der Waals surface area contributed by atoms with E-state index in [1.54, 1.807) is 23.5 Å². The van der Waals surface area contributed by atoms with E-state index in [1.807, 2.05) is 18.2 Å². The van der Waals surface area contributed by atoms with E-state index in [9.17, 15) is 4.79 Å². The van der Waals surface area contributed by atoms with Crippen molar-refractivity contribution in [1.29, 1.82) is 0 Å². The minimum atomic E-state index is 0.140. The third-order valence-electron chi connectivity index (χ3n) is 2.58. The van der Waals surface area contributed by atoms with Crippen LogP contribution in [0.25, 0.3) is 0 Å². The number of carbonyl (C=O) groups excluding carboxylic acids is 1. The van der Waals surface area contributed by atoms with Crippen LogP contribution in [-0.2, 0) is 4.79 Å². The summed E-state index contributed by atoms with van der Waals surface area (Å²) in [6, 6.07) is 10.3. The molecule has 0 saturated carbocycles. The van der Waals surface area contributed by atoms with Crippen molar-refractivity contribution in [2.75, 3.05) is 30.4 Å². The van der Waals surface area contributed by atoms with Crippen molar-refractivity contribution in [3.8, 4) is 0 Å². The van der Waals surface area contributed by atoms with Gasteiger partial charge in [-0.1, -0.05) is 18.2 Å². The van der Waals surface area contributed by atoms with Gasteiger partial charge >= 0.3 is 0 Å². The second kappa shape index (κ2) is 12.1. The Kier molecular flexibility index (Phi) is 10.5. The first kappa shape index (κ1) is 17.4. The predicted octanol–water partition coefficient (Wildman–Crippen LogP) is 2.79. The van der Waals surface area contributed by atoms with E-state index >= 15 is 0 Å². The lowest BCUT2D eigenvalue weighted by atomic mass is 10.3. The molecule has 0 aromatic heterocycles. The Labute approximate surface area is 129 Å². The molecule has 0 aliphatic heterocycles. The molecule has 0 aliphatic carbocycles. The first-order chi connectivity index (χ1) is 9.83. The third-order valence-corrected chi connectivity index (χ3v) is 4.74. The van der Waals surface area contributed by atoms with Crippen molar-refractivity contribution >= 4 is 29.4 Å². The quantitative estimate of drug-likeness (QED) is 0.487. The van der Waals surface area contributed by atoms with Crippen LogP contribution in [0.1, 0.15) is 19.3 Å². The van der Waals surface area contributed by atoms with Gasteiger partial charge in [-0.05, 0) is 36.5 Å². The maximum absolute atomic E-state index is 11.6. The number of amides is 1. The molecule has 0 aliphatic rings. The Hall–Kier alpha value is -0.650. The Bertz CT molecular complexity index is 360. The molecule has 0 bridgehead atoms. The second-order valence-electron chi connectivity index (χ2n) is 4.30. The minimum absolute atomic E-state index is 0.140. The summed E-state index contributed by atoms with van der Waals surface area (Å²) in [6.45, 7) is 0.971. The lowest BCUT2D eigenvalue weighted by molar-refractivity contribution is -0.120. The van der Waals surface area contributed by atoms with Gasteiger partial charge in [0.2, 0.25) is 5.91 Å². The molecule has 0 atom stereocenters. The highest BCUT2D eigenvalue weighted by atomic mass is 32.2. The molecule has 112 valence electrons. The molecule has 0 radical (unpaired) electrons. The van der Waals surface area contributed by atoms with E-state index in [-0.39, 0.29) is 12.5 Å². The Morgan fingerprint density at radius 1 is 1.10 bits per heavy atom. The van der Waals surface area contributed by atoms with Gasteiger partial charge in [0.25, 0.3) is 0 Å². The molecule has 0 heterocycles. The summed E-state index contributed by atoms with van der Waals surface area (Å²) in [5.74, 6) is 2.99. The smallest absolute Gasteiger partial charge is 0.220 e. The molecule has 20 heavy (non-hydrogen) atoms. The fourth-order valence-corrected chi connectivity index (χ4v) is 3.22. The van der Waals surface area contributed by atoms with E-state index < -0.39 is 0 Å². The van der Waals surface area contributed by atoms with Crippen molar-refractivity contribution in [2.24, 2.45) is 0 Å².